The number of alkyl halides is 1. The molecular formula is C16H19ClN2OS. The second kappa shape index (κ2) is 6.41. The molecule has 1 aliphatic carbocycles. The maximum absolute atomic E-state index is 12.9. The van der Waals surface area contributed by atoms with Crippen molar-refractivity contribution in [1.82, 2.24) is 9.55 Å². The first-order valence-electron chi connectivity index (χ1n) is 7.35. The minimum Gasteiger partial charge on any atom is -0.291 e. The molecule has 0 saturated heterocycles. The summed E-state index contributed by atoms with van der Waals surface area (Å²) in [6.45, 7) is 0. The molecule has 0 amide bonds. The minimum atomic E-state index is 0.0576. The number of hydrogen-bond acceptors (Lipinski definition) is 3. The highest BCUT2D eigenvalue weighted by molar-refractivity contribution is 7.99. The second-order valence-electron chi connectivity index (χ2n) is 5.48. The van der Waals surface area contributed by atoms with Gasteiger partial charge in [-0.1, -0.05) is 25.0 Å². The van der Waals surface area contributed by atoms with Crippen LogP contribution in [-0.4, -0.2) is 21.1 Å². The first-order valence-corrected chi connectivity index (χ1v) is 9.17. The fourth-order valence-corrected chi connectivity index (χ4v) is 4.44. The second-order valence-corrected chi connectivity index (χ2v) is 6.82. The van der Waals surface area contributed by atoms with E-state index in [-0.39, 0.29) is 17.5 Å². The standard InChI is InChI=1S/C16H19ClN2OS/c1-21-14-9-5-4-8-13(14)19-15(10-17)18-12-7-3-2-6-11(12)16(19)20/h2-3,6-7,13-14H,4-5,8-10H2,1H3. The number of aromatic nitrogens is 2. The van der Waals surface area contributed by atoms with Gasteiger partial charge in [-0.2, -0.15) is 11.8 Å². The van der Waals surface area contributed by atoms with Crippen LogP contribution in [0.1, 0.15) is 37.5 Å². The highest BCUT2D eigenvalue weighted by Crippen LogP contribution is 2.35. The molecule has 1 fully saturated rings. The molecule has 2 atom stereocenters. The lowest BCUT2D eigenvalue weighted by molar-refractivity contribution is 0.350. The van der Waals surface area contributed by atoms with Gasteiger partial charge in [-0.15, -0.1) is 11.6 Å². The fraction of sp³-hybridized carbons (Fsp3) is 0.500. The molecule has 0 N–H and O–H groups in total. The molecule has 1 aromatic carbocycles. The van der Waals surface area contributed by atoms with Gasteiger partial charge in [0.1, 0.15) is 5.82 Å². The summed E-state index contributed by atoms with van der Waals surface area (Å²) < 4.78 is 1.87. The number of hydrogen-bond donors (Lipinski definition) is 0. The van der Waals surface area contributed by atoms with Gasteiger partial charge >= 0.3 is 0 Å². The predicted molar refractivity (Wildman–Crippen MR) is 90.4 cm³/mol. The maximum Gasteiger partial charge on any atom is 0.261 e. The lowest BCUT2D eigenvalue weighted by atomic mass is 9.94. The van der Waals surface area contributed by atoms with Crippen LogP contribution in [0.3, 0.4) is 0 Å². The van der Waals surface area contributed by atoms with E-state index in [4.69, 9.17) is 11.6 Å². The van der Waals surface area contributed by atoms with Gasteiger partial charge in [0.05, 0.1) is 22.8 Å². The normalized spacial score (nSPS) is 22.6. The van der Waals surface area contributed by atoms with Crippen LogP contribution in [0, 0.1) is 0 Å². The maximum atomic E-state index is 12.9. The van der Waals surface area contributed by atoms with Gasteiger partial charge in [0.2, 0.25) is 0 Å². The number of thioether (sulfide) groups is 1. The molecule has 1 aromatic heterocycles. The fourth-order valence-electron chi connectivity index (χ4n) is 3.28. The van der Waals surface area contributed by atoms with Crippen LogP contribution >= 0.6 is 23.4 Å². The number of fused-ring (bicyclic) bond motifs is 1. The summed E-state index contributed by atoms with van der Waals surface area (Å²) in [4.78, 5) is 17.5. The van der Waals surface area contributed by atoms with Crippen molar-refractivity contribution in [2.24, 2.45) is 0 Å². The van der Waals surface area contributed by atoms with Gasteiger partial charge in [0.15, 0.2) is 0 Å². The highest BCUT2D eigenvalue weighted by Gasteiger charge is 2.29. The van der Waals surface area contributed by atoms with Crippen LogP contribution in [0.5, 0.6) is 0 Å². The molecule has 3 rings (SSSR count). The lowest BCUT2D eigenvalue weighted by Crippen LogP contribution is -2.35. The largest absolute Gasteiger partial charge is 0.291 e. The molecule has 112 valence electrons. The molecular weight excluding hydrogens is 304 g/mol. The van der Waals surface area contributed by atoms with Crippen LogP contribution in [0.15, 0.2) is 29.1 Å². The minimum absolute atomic E-state index is 0.0576. The first-order chi connectivity index (χ1) is 10.3. The quantitative estimate of drug-likeness (QED) is 0.802. The van der Waals surface area contributed by atoms with Crippen LogP contribution in [0.2, 0.25) is 0 Å². The van der Waals surface area contributed by atoms with Gasteiger partial charge in [0, 0.05) is 5.25 Å². The summed E-state index contributed by atoms with van der Waals surface area (Å²) in [5, 5.41) is 1.16. The van der Waals surface area contributed by atoms with Crippen molar-refractivity contribution < 1.29 is 0 Å². The van der Waals surface area contributed by atoms with Crippen LogP contribution in [0.25, 0.3) is 10.9 Å². The molecule has 0 aliphatic heterocycles. The van der Waals surface area contributed by atoms with Crippen molar-refractivity contribution in [2.45, 2.75) is 42.9 Å². The Bertz CT molecular complexity index is 700. The monoisotopic (exact) mass is 322 g/mol. The van der Waals surface area contributed by atoms with Crippen molar-refractivity contribution in [2.75, 3.05) is 6.26 Å². The first kappa shape index (κ1) is 14.9. The van der Waals surface area contributed by atoms with Crippen LogP contribution in [0.4, 0.5) is 0 Å². The molecule has 2 unspecified atom stereocenters. The van der Waals surface area contributed by atoms with Crippen molar-refractivity contribution in [3.63, 3.8) is 0 Å². The molecule has 1 heterocycles. The Hall–Kier alpha value is -1.00. The number of halogens is 1. The predicted octanol–water partition coefficient (Wildman–Crippen LogP) is 3.98. The summed E-state index contributed by atoms with van der Waals surface area (Å²) in [5.41, 5.74) is 0.799. The van der Waals surface area contributed by atoms with Crippen molar-refractivity contribution >= 4 is 34.3 Å². The third kappa shape index (κ3) is 2.71. The number of nitrogens with zero attached hydrogens (tertiary/aromatic N) is 2. The van der Waals surface area contributed by atoms with E-state index in [0.29, 0.717) is 16.5 Å². The van der Waals surface area contributed by atoms with E-state index < -0.39 is 0 Å². The van der Waals surface area contributed by atoms with Crippen molar-refractivity contribution in [3.8, 4) is 0 Å². The summed E-state index contributed by atoms with van der Waals surface area (Å²) >= 11 is 7.94. The van der Waals surface area contributed by atoms with Crippen molar-refractivity contribution in [1.29, 1.82) is 0 Å². The third-order valence-electron chi connectivity index (χ3n) is 4.30. The van der Waals surface area contributed by atoms with Gasteiger partial charge in [-0.05, 0) is 31.2 Å². The Morgan fingerprint density at radius 3 is 2.86 bits per heavy atom. The zero-order valence-electron chi connectivity index (χ0n) is 12.1. The van der Waals surface area contributed by atoms with E-state index in [1.54, 1.807) is 0 Å². The zero-order valence-corrected chi connectivity index (χ0v) is 13.7. The highest BCUT2D eigenvalue weighted by atomic mass is 35.5. The van der Waals surface area contributed by atoms with E-state index in [0.717, 1.165) is 18.4 Å². The number of benzene rings is 1. The summed E-state index contributed by atoms with van der Waals surface area (Å²) in [7, 11) is 0. The van der Waals surface area contributed by atoms with E-state index in [9.17, 15) is 4.79 Å². The SMILES string of the molecule is CSC1CCCCC1n1c(CCl)nc2ccccc2c1=O. The Morgan fingerprint density at radius 1 is 1.33 bits per heavy atom. The molecule has 0 radical (unpaired) electrons. The molecule has 5 heteroatoms. The molecule has 2 aromatic rings. The Balaban J connectivity index is 2.20. The average molecular weight is 323 g/mol. The van der Waals surface area contributed by atoms with Crippen molar-refractivity contribution in [3.05, 3.63) is 40.4 Å². The molecule has 3 nitrogen and oxygen atoms in total. The molecule has 0 spiro atoms. The van der Waals surface area contributed by atoms with E-state index in [1.165, 1.54) is 12.8 Å². The Kier molecular flexibility index (Phi) is 4.55. The Labute approximate surface area is 133 Å². The summed E-state index contributed by atoms with van der Waals surface area (Å²) in [6, 6.07) is 7.75. The third-order valence-corrected chi connectivity index (χ3v) is 5.70. The Morgan fingerprint density at radius 2 is 2.10 bits per heavy atom. The average Bonchev–Trinajstić information content (AvgIpc) is 2.54. The molecule has 1 aliphatic rings. The van der Waals surface area contributed by atoms with E-state index in [2.05, 4.69) is 11.2 Å². The summed E-state index contributed by atoms with van der Waals surface area (Å²) in [5.74, 6) is 0.976. The molecule has 21 heavy (non-hydrogen) atoms. The van der Waals surface area contributed by atoms with Crippen LogP contribution < -0.4 is 5.56 Å². The van der Waals surface area contributed by atoms with Gasteiger partial charge in [-0.25, -0.2) is 4.98 Å². The van der Waals surface area contributed by atoms with Gasteiger partial charge in [0.25, 0.3) is 5.56 Å². The smallest absolute Gasteiger partial charge is 0.261 e. The van der Waals surface area contributed by atoms with Crippen LogP contribution in [-0.2, 0) is 5.88 Å². The number of para-hydroxylation sites is 1. The lowest BCUT2D eigenvalue weighted by Gasteiger charge is -2.33. The molecule has 1 saturated carbocycles. The topological polar surface area (TPSA) is 34.9 Å². The van der Waals surface area contributed by atoms with Gasteiger partial charge in [-0.3, -0.25) is 9.36 Å². The van der Waals surface area contributed by atoms with Gasteiger partial charge < -0.3 is 0 Å². The zero-order chi connectivity index (χ0) is 14.8. The van der Waals surface area contributed by atoms with E-state index in [1.807, 2.05) is 40.6 Å². The van der Waals surface area contributed by atoms with E-state index >= 15 is 0 Å². The molecule has 0 bridgehead atoms. The number of rotatable bonds is 3. The summed E-state index contributed by atoms with van der Waals surface area (Å²) in [6.07, 6.45) is 6.74.